The summed E-state index contributed by atoms with van der Waals surface area (Å²) in [4.78, 5) is 18.2. The molecular formula is C12H18N4O2. The molecule has 1 aliphatic heterocycles. The van der Waals surface area contributed by atoms with Crippen LogP contribution in [0.1, 0.15) is 5.69 Å². The molecule has 1 saturated heterocycles. The topological polar surface area (TPSA) is 80.5 Å². The zero-order chi connectivity index (χ0) is 13.1. The van der Waals surface area contributed by atoms with Crippen molar-refractivity contribution >= 4 is 17.4 Å². The lowest BCUT2D eigenvalue weighted by Gasteiger charge is -2.35. The number of nitrogens with two attached hydrogens (primary N) is 1. The second kappa shape index (κ2) is 5.22. The summed E-state index contributed by atoms with van der Waals surface area (Å²) in [5, 5.41) is 2.65. The summed E-state index contributed by atoms with van der Waals surface area (Å²) in [7, 11) is 1.62. The van der Waals surface area contributed by atoms with Crippen molar-refractivity contribution in [2.75, 3.05) is 37.4 Å². The fraction of sp³-hybridized carbons (Fsp3) is 0.500. The number of hydrogen-bond donors (Lipinski definition) is 2. The molecule has 6 nitrogen and oxygen atoms in total. The minimum atomic E-state index is -0.334. The van der Waals surface area contributed by atoms with Gasteiger partial charge in [-0.3, -0.25) is 4.79 Å². The van der Waals surface area contributed by atoms with Crippen LogP contribution in [0.25, 0.3) is 0 Å². The molecule has 2 heterocycles. The number of carbonyl (C=O) groups excluding carboxylic acids is 1. The van der Waals surface area contributed by atoms with Gasteiger partial charge in [-0.2, -0.15) is 0 Å². The SMILES string of the molecule is CNC(=O)C1COCCN1c1ccc(N)c(C)n1. The molecule has 2 rings (SSSR count). The molecule has 1 atom stereocenters. The first-order valence-electron chi connectivity index (χ1n) is 5.92. The zero-order valence-electron chi connectivity index (χ0n) is 10.6. The number of ether oxygens (including phenoxy) is 1. The quantitative estimate of drug-likeness (QED) is 0.767. The van der Waals surface area contributed by atoms with E-state index in [9.17, 15) is 4.79 Å². The standard InChI is InChI=1S/C12H18N4O2/c1-8-9(13)3-4-11(15-8)16-5-6-18-7-10(16)12(17)14-2/h3-4,10H,5-7,13H2,1-2H3,(H,14,17). The summed E-state index contributed by atoms with van der Waals surface area (Å²) >= 11 is 0. The Morgan fingerprint density at radius 2 is 2.39 bits per heavy atom. The van der Waals surface area contributed by atoms with Crippen molar-refractivity contribution in [3.8, 4) is 0 Å². The van der Waals surface area contributed by atoms with E-state index in [1.165, 1.54) is 0 Å². The highest BCUT2D eigenvalue weighted by Gasteiger charge is 2.29. The maximum Gasteiger partial charge on any atom is 0.244 e. The van der Waals surface area contributed by atoms with Gasteiger partial charge in [0.25, 0.3) is 0 Å². The summed E-state index contributed by atoms with van der Waals surface area (Å²) in [5.41, 5.74) is 7.18. The summed E-state index contributed by atoms with van der Waals surface area (Å²) in [6, 6.07) is 3.32. The van der Waals surface area contributed by atoms with Gasteiger partial charge in [0.15, 0.2) is 0 Å². The molecule has 1 amide bonds. The average molecular weight is 250 g/mol. The first-order valence-corrected chi connectivity index (χ1v) is 5.92. The van der Waals surface area contributed by atoms with Crippen LogP contribution in [-0.4, -0.2) is 43.7 Å². The molecule has 98 valence electrons. The lowest BCUT2D eigenvalue weighted by Crippen LogP contribution is -2.53. The van der Waals surface area contributed by atoms with Crippen LogP contribution in [0.15, 0.2) is 12.1 Å². The molecule has 18 heavy (non-hydrogen) atoms. The van der Waals surface area contributed by atoms with Gasteiger partial charge in [-0.1, -0.05) is 0 Å². The number of rotatable bonds is 2. The fourth-order valence-electron chi connectivity index (χ4n) is 1.98. The molecule has 0 aromatic carbocycles. The Balaban J connectivity index is 2.27. The summed E-state index contributed by atoms with van der Waals surface area (Å²) in [5.74, 6) is 0.699. The molecule has 1 aliphatic rings. The Bertz CT molecular complexity index is 450. The summed E-state index contributed by atoms with van der Waals surface area (Å²) < 4.78 is 5.36. The van der Waals surface area contributed by atoms with Crippen LogP contribution in [0.2, 0.25) is 0 Å². The molecule has 1 aromatic rings. The molecule has 6 heteroatoms. The van der Waals surface area contributed by atoms with E-state index in [1.54, 1.807) is 7.05 Å². The lowest BCUT2D eigenvalue weighted by molar-refractivity contribution is -0.124. The van der Waals surface area contributed by atoms with Crippen LogP contribution < -0.4 is 16.0 Å². The van der Waals surface area contributed by atoms with E-state index in [1.807, 2.05) is 24.0 Å². The molecule has 1 unspecified atom stereocenters. The van der Waals surface area contributed by atoms with Crippen LogP contribution >= 0.6 is 0 Å². The van der Waals surface area contributed by atoms with Crippen molar-refractivity contribution in [3.63, 3.8) is 0 Å². The number of anilines is 2. The summed E-state index contributed by atoms with van der Waals surface area (Å²) in [6.45, 7) is 3.48. The highest BCUT2D eigenvalue weighted by Crippen LogP contribution is 2.20. The van der Waals surface area contributed by atoms with Gasteiger partial charge >= 0.3 is 0 Å². The van der Waals surface area contributed by atoms with Gasteiger partial charge in [-0.05, 0) is 19.1 Å². The zero-order valence-corrected chi connectivity index (χ0v) is 10.6. The van der Waals surface area contributed by atoms with E-state index in [2.05, 4.69) is 10.3 Å². The Morgan fingerprint density at radius 1 is 1.61 bits per heavy atom. The average Bonchev–Trinajstić information content (AvgIpc) is 2.41. The maximum absolute atomic E-state index is 11.8. The van der Waals surface area contributed by atoms with Crippen LogP contribution in [0.5, 0.6) is 0 Å². The molecule has 0 aliphatic carbocycles. The van der Waals surface area contributed by atoms with E-state index >= 15 is 0 Å². The number of morpholine rings is 1. The molecule has 0 bridgehead atoms. The number of aromatic nitrogens is 1. The molecule has 0 radical (unpaired) electrons. The van der Waals surface area contributed by atoms with Crippen molar-refractivity contribution in [1.82, 2.24) is 10.3 Å². The number of nitrogens with one attached hydrogen (secondary N) is 1. The first kappa shape index (κ1) is 12.6. The van der Waals surface area contributed by atoms with Crippen LogP contribution in [0.4, 0.5) is 11.5 Å². The number of hydrogen-bond acceptors (Lipinski definition) is 5. The Hall–Kier alpha value is -1.82. The third kappa shape index (κ3) is 2.38. The normalized spacial score (nSPS) is 19.7. The predicted molar refractivity (Wildman–Crippen MR) is 69.4 cm³/mol. The number of nitrogen functional groups attached to an aromatic ring is 1. The van der Waals surface area contributed by atoms with Crippen molar-refractivity contribution in [1.29, 1.82) is 0 Å². The van der Waals surface area contributed by atoms with Crippen LogP contribution in [0, 0.1) is 6.92 Å². The third-order valence-electron chi connectivity index (χ3n) is 3.08. The predicted octanol–water partition coefficient (Wildman–Crippen LogP) is -0.0766. The third-order valence-corrected chi connectivity index (χ3v) is 3.08. The van der Waals surface area contributed by atoms with Gasteiger partial charge in [0.1, 0.15) is 11.9 Å². The van der Waals surface area contributed by atoms with E-state index in [0.29, 0.717) is 25.4 Å². The minimum absolute atomic E-state index is 0.0639. The minimum Gasteiger partial charge on any atom is -0.397 e. The van der Waals surface area contributed by atoms with Gasteiger partial charge in [-0.25, -0.2) is 4.98 Å². The number of amides is 1. The first-order chi connectivity index (χ1) is 8.63. The van der Waals surface area contributed by atoms with Gasteiger partial charge in [0, 0.05) is 13.6 Å². The Morgan fingerprint density at radius 3 is 3.06 bits per heavy atom. The van der Waals surface area contributed by atoms with Crippen molar-refractivity contribution in [2.45, 2.75) is 13.0 Å². The Kier molecular flexibility index (Phi) is 3.66. The van der Waals surface area contributed by atoms with Crippen molar-refractivity contribution < 1.29 is 9.53 Å². The smallest absolute Gasteiger partial charge is 0.244 e. The largest absolute Gasteiger partial charge is 0.397 e. The van der Waals surface area contributed by atoms with Crippen molar-refractivity contribution in [2.24, 2.45) is 0 Å². The summed E-state index contributed by atoms with van der Waals surface area (Å²) in [6.07, 6.45) is 0. The van der Waals surface area contributed by atoms with Gasteiger partial charge in [-0.15, -0.1) is 0 Å². The van der Waals surface area contributed by atoms with Crippen LogP contribution in [0.3, 0.4) is 0 Å². The highest BCUT2D eigenvalue weighted by molar-refractivity contribution is 5.85. The lowest BCUT2D eigenvalue weighted by atomic mass is 10.2. The van der Waals surface area contributed by atoms with Crippen molar-refractivity contribution in [3.05, 3.63) is 17.8 Å². The second-order valence-corrected chi connectivity index (χ2v) is 4.24. The Labute approximate surface area is 106 Å². The van der Waals surface area contributed by atoms with E-state index in [-0.39, 0.29) is 11.9 Å². The number of nitrogens with zero attached hydrogens (tertiary/aromatic N) is 2. The number of pyridine rings is 1. The van der Waals surface area contributed by atoms with Gasteiger partial charge < -0.3 is 20.7 Å². The highest BCUT2D eigenvalue weighted by atomic mass is 16.5. The van der Waals surface area contributed by atoms with Gasteiger partial charge in [0.2, 0.25) is 5.91 Å². The number of carbonyl (C=O) groups is 1. The van der Waals surface area contributed by atoms with Crippen LogP contribution in [-0.2, 0) is 9.53 Å². The molecule has 0 saturated carbocycles. The van der Waals surface area contributed by atoms with E-state index in [0.717, 1.165) is 11.5 Å². The molecule has 1 fully saturated rings. The fourth-order valence-corrected chi connectivity index (χ4v) is 1.98. The molecule has 3 N–H and O–H groups in total. The van der Waals surface area contributed by atoms with E-state index in [4.69, 9.17) is 10.5 Å². The number of likely N-dealkylation sites (N-methyl/N-ethyl adjacent to an activating group) is 1. The van der Waals surface area contributed by atoms with E-state index < -0.39 is 0 Å². The monoisotopic (exact) mass is 250 g/mol. The number of aryl methyl sites for hydroxylation is 1. The molecule has 0 spiro atoms. The second-order valence-electron chi connectivity index (χ2n) is 4.24. The molecular weight excluding hydrogens is 232 g/mol. The van der Waals surface area contributed by atoms with Gasteiger partial charge in [0.05, 0.1) is 24.6 Å². The molecule has 1 aromatic heterocycles. The maximum atomic E-state index is 11.8.